The topological polar surface area (TPSA) is 50.4 Å². The highest BCUT2D eigenvalue weighted by molar-refractivity contribution is 6.08. The monoisotopic (exact) mass is 358 g/mol. The number of rotatable bonds is 1. The van der Waals surface area contributed by atoms with E-state index < -0.39 is 5.97 Å². The van der Waals surface area contributed by atoms with Gasteiger partial charge >= 0.3 is 5.97 Å². The number of carbonyl (C=O) groups is 1. The zero-order valence-electron chi connectivity index (χ0n) is 15.3. The Morgan fingerprint density at radius 2 is 1.78 bits per heavy atom. The summed E-state index contributed by atoms with van der Waals surface area (Å²) in [6, 6.07) is 20.9. The summed E-state index contributed by atoms with van der Waals surface area (Å²) in [4.78, 5) is 9.97. The van der Waals surface area contributed by atoms with Gasteiger partial charge in [0.05, 0.1) is 6.26 Å². The Hall–Kier alpha value is -3.07. The predicted molar refractivity (Wildman–Crippen MR) is 108 cm³/mol. The third-order valence-electron chi connectivity index (χ3n) is 5.32. The Morgan fingerprint density at radius 3 is 2.52 bits per heavy atom. The Kier molecular flexibility index (Phi) is 4.68. The third kappa shape index (κ3) is 3.45. The number of fused-ring (bicyclic) bond motifs is 5. The minimum Gasteiger partial charge on any atom is -0.475 e. The van der Waals surface area contributed by atoms with Gasteiger partial charge in [0, 0.05) is 0 Å². The van der Waals surface area contributed by atoms with Gasteiger partial charge in [0.15, 0.2) is 0 Å². The highest BCUT2D eigenvalue weighted by atomic mass is 16.4. The van der Waals surface area contributed by atoms with Crippen molar-refractivity contribution < 1.29 is 14.3 Å². The number of carboxylic acid groups (broad SMARTS) is 1. The van der Waals surface area contributed by atoms with Crippen molar-refractivity contribution in [1.29, 1.82) is 0 Å². The number of aryl methyl sites for hydroxylation is 1. The molecule has 0 aliphatic heterocycles. The summed E-state index contributed by atoms with van der Waals surface area (Å²) < 4.78 is 4.50. The second-order valence-electron chi connectivity index (χ2n) is 7.22. The standard InChI is InChI=1S/C19H18.C5H4O3/c1-13-6-9-17-15(12-13)8-11-18-16-5-3-2-4-14(16)7-10-19(17)18;6-5(7)4-2-1-3-8-4/h2-5,7-8,10-11,13H,6,9,12H2,1H3;1-3H,(H,6,7). The maximum Gasteiger partial charge on any atom is 0.371 e. The molecule has 136 valence electrons. The van der Waals surface area contributed by atoms with E-state index in [0.29, 0.717) is 0 Å². The molecule has 3 aromatic carbocycles. The third-order valence-corrected chi connectivity index (χ3v) is 5.32. The quantitative estimate of drug-likeness (QED) is 0.419. The molecule has 1 aliphatic rings. The van der Waals surface area contributed by atoms with Crippen LogP contribution in [0.2, 0.25) is 0 Å². The van der Waals surface area contributed by atoms with E-state index in [9.17, 15) is 4.79 Å². The minimum absolute atomic E-state index is 0.0231. The molecule has 0 bridgehead atoms. The largest absolute Gasteiger partial charge is 0.475 e. The van der Waals surface area contributed by atoms with Crippen LogP contribution in [-0.4, -0.2) is 11.1 Å². The predicted octanol–water partition coefficient (Wildman–Crippen LogP) is 6.10. The maximum atomic E-state index is 9.97. The maximum absolute atomic E-state index is 9.97. The van der Waals surface area contributed by atoms with Crippen LogP contribution < -0.4 is 0 Å². The number of carboxylic acids is 1. The van der Waals surface area contributed by atoms with Crippen molar-refractivity contribution in [2.75, 3.05) is 0 Å². The average Bonchev–Trinajstić information content (AvgIpc) is 3.23. The van der Waals surface area contributed by atoms with Gasteiger partial charge in [0.2, 0.25) is 5.76 Å². The lowest BCUT2D eigenvalue weighted by Crippen LogP contribution is -2.11. The molecular formula is C24H22O3. The van der Waals surface area contributed by atoms with E-state index in [1.54, 1.807) is 11.1 Å². The number of aromatic carboxylic acids is 1. The van der Waals surface area contributed by atoms with Crippen LogP contribution in [0.4, 0.5) is 0 Å². The van der Waals surface area contributed by atoms with Crippen molar-refractivity contribution in [3.8, 4) is 0 Å². The molecule has 1 N–H and O–H groups in total. The second-order valence-corrected chi connectivity index (χ2v) is 7.22. The molecule has 27 heavy (non-hydrogen) atoms. The molecule has 0 saturated carbocycles. The Labute approximate surface area is 158 Å². The lowest BCUT2D eigenvalue weighted by Gasteiger charge is -2.23. The van der Waals surface area contributed by atoms with Gasteiger partial charge in [-0.05, 0) is 70.0 Å². The average molecular weight is 358 g/mol. The zero-order chi connectivity index (χ0) is 18.8. The molecule has 0 fully saturated rings. The highest BCUT2D eigenvalue weighted by Gasteiger charge is 2.17. The molecule has 0 saturated heterocycles. The first-order chi connectivity index (χ1) is 13.1. The van der Waals surface area contributed by atoms with Crippen molar-refractivity contribution in [1.82, 2.24) is 0 Å². The van der Waals surface area contributed by atoms with Gasteiger partial charge in [-0.2, -0.15) is 0 Å². The van der Waals surface area contributed by atoms with E-state index >= 15 is 0 Å². The Bertz CT molecular complexity index is 1090. The summed E-state index contributed by atoms with van der Waals surface area (Å²) in [5.74, 6) is -0.217. The number of hydrogen-bond donors (Lipinski definition) is 1. The fraction of sp³-hybridized carbons (Fsp3) is 0.208. The van der Waals surface area contributed by atoms with Crippen molar-refractivity contribution in [2.45, 2.75) is 26.2 Å². The molecule has 1 aromatic heterocycles. The SMILES string of the molecule is CC1CCc2c(ccc3c2ccc2ccccc23)C1.O=C(O)c1ccco1. The summed E-state index contributed by atoms with van der Waals surface area (Å²) in [6.07, 6.45) is 5.15. The van der Waals surface area contributed by atoms with Gasteiger partial charge < -0.3 is 9.52 Å². The van der Waals surface area contributed by atoms with Gasteiger partial charge in [-0.25, -0.2) is 4.79 Å². The second kappa shape index (κ2) is 7.28. The molecule has 1 aliphatic carbocycles. The molecular weight excluding hydrogens is 336 g/mol. The summed E-state index contributed by atoms with van der Waals surface area (Å²) in [7, 11) is 0. The van der Waals surface area contributed by atoms with Crippen LogP contribution in [-0.2, 0) is 12.8 Å². The zero-order valence-corrected chi connectivity index (χ0v) is 15.3. The first-order valence-electron chi connectivity index (χ1n) is 9.32. The summed E-state index contributed by atoms with van der Waals surface area (Å²) in [6.45, 7) is 2.37. The molecule has 5 rings (SSSR count). The molecule has 1 unspecified atom stereocenters. The lowest BCUT2D eigenvalue weighted by molar-refractivity contribution is 0.0662. The Balaban J connectivity index is 0.000000190. The molecule has 0 amide bonds. The molecule has 0 radical (unpaired) electrons. The van der Waals surface area contributed by atoms with E-state index in [4.69, 9.17) is 5.11 Å². The van der Waals surface area contributed by atoms with Gasteiger partial charge in [-0.15, -0.1) is 0 Å². The fourth-order valence-corrected chi connectivity index (χ4v) is 3.95. The van der Waals surface area contributed by atoms with Gasteiger partial charge in [0.25, 0.3) is 0 Å². The first kappa shape index (κ1) is 17.3. The van der Waals surface area contributed by atoms with Crippen LogP contribution in [0.5, 0.6) is 0 Å². The van der Waals surface area contributed by atoms with Crippen LogP contribution in [0.1, 0.15) is 35.0 Å². The fourth-order valence-electron chi connectivity index (χ4n) is 3.95. The van der Waals surface area contributed by atoms with E-state index in [1.165, 1.54) is 59.2 Å². The molecule has 1 heterocycles. The highest BCUT2D eigenvalue weighted by Crippen LogP contribution is 2.34. The van der Waals surface area contributed by atoms with Crippen LogP contribution in [0.3, 0.4) is 0 Å². The minimum atomic E-state index is -1.03. The molecule has 4 aromatic rings. The molecule has 3 heteroatoms. The van der Waals surface area contributed by atoms with Crippen LogP contribution in [0, 0.1) is 5.92 Å². The molecule has 1 atom stereocenters. The van der Waals surface area contributed by atoms with Crippen molar-refractivity contribution in [3.05, 3.63) is 83.8 Å². The Morgan fingerprint density at radius 1 is 0.963 bits per heavy atom. The first-order valence-corrected chi connectivity index (χ1v) is 9.32. The van der Waals surface area contributed by atoms with Crippen molar-refractivity contribution >= 4 is 27.5 Å². The lowest BCUT2D eigenvalue weighted by atomic mass is 9.82. The van der Waals surface area contributed by atoms with Crippen LogP contribution >= 0.6 is 0 Å². The number of furan rings is 1. The number of hydrogen-bond acceptors (Lipinski definition) is 2. The van der Waals surface area contributed by atoms with Crippen molar-refractivity contribution in [2.24, 2.45) is 5.92 Å². The summed E-state index contributed by atoms with van der Waals surface area (Å²) >= 11 is 0. The van der Waals surface area contributed by atoms with E-state index in [0.717, 1.165) is 5.92 Å². The molecule has 0 spiro atoms. The van der Waals surface area contributed by atoms with E-state index in [1.807, 2.05) is 0 Å². The van der Waals surface area contributed by atoms with Gasteiger partial charge in [0.1, 0.15) is 0 Å². The van der Waals surface area contributed by atoms with Crippen LogP contribution in [0.15, 0.2) is 71.3 Å². The van der Waals surface area contributed by atoms with E-state index in [-0.39, 0.29) is 5.76 Å². The normalized spacial score (nSPS) is 15.8. The number of benzene rings is 3. The van der Waals surface area contributed by atoms with Gasteiger partial charge in [-0.1, -0.05) is 55.5 Å². The van der Waals surface area contributed by atoms with Crippen molar-refractivity contribution in [3.63, 3.8) is 0 Å². The van der Waals surface area contributed by atoms with E-state index in [2.05, 4.69) is 59.9 Å². The summed E-state index contributed by atoms with van der Waals surface area (Å²) in [5, 5.41) is 13.8. The molecule has 3 nitrogen and oxygen atoms in total. The summed E-state index contributed by atoms with van der Waals surface area (Å²) in [5.41, 5.74) is 3.17. The van der Waals surface area contributed by atoms with Crippen LogP contribution in [0.25, 0.3) is 21.5 Å². The van der Waals surface area contributed by atoms with Gasteiger partial charge in [-0.3, -0.25) is 0 Å². The smallest absolute Gasteiger partial charge is 0.371 e.